The molecule has 0 bridgehead atoms. The summed E-state index contributed by atoms with van der Waals surface area (Å²) in [5, 5.41) is 27.0. The summed E-state index contributed by atoms with van der Waals surface area (Å²) in [6.07, 6.45) is -0.630. The standard InChI is InChI=1S/C21H31N3O2/c1-21(2,3)23-14-20(26)16-8-11-19(25)18(12-16)22-13-15-6-9-17(10-7-15)24(4)5/h6-12,20,22-23,25-26H,13-14H2,1-5H3. The number of phenolic OH excluding ortho intramolecular Hbond substituents is 1. The van der Waals surface area contributed by atoms with Crippen LogP contribution in [0.3, 0.4) is 0 Å². The molecule has 0 saturated carbocycles. The highest BCUT2D eigenvalue weighted by molar-refractivity contribution is 5.58. The summed E-state index contributed by atoms with van der Waals surface area (Å²) in [5.41, 5.74) is 3.60. The molecule has 5 nitrogen and oxygen atoms in total. The molecule has 2 rings (SSSR count). The lowest BCUT2D eigenvalue weighted by molar-refractivity contribution is 0.163. The zero-order valence-corrected chi connectivity index (χ0v) is 16.4. The van der Waals surface area contributed by atoms with E-state index in [1.165, 1.54) is 0 Å². The van der Waals surface area contributed by atoms with Crippen LogP contribution in [0.1, 0.15) is 38.0 Å². The Hall–Kier alpha value is -2.24. The molecule has 142 valence electrons. The summed E-state index contributed by atoms with van der Waals surface area (Å²) >= 11 is 0. The van der Waals surface area contributed by atoms with E-state index in [4.69, 9.17) is 0 Å². The van der Waals surface area contributed by atoms with Gasteiger partial charge in [0.2, 0.25) is 0 Å². The molecular formula is C21H31N3O2. The molecule has 0 radical (unpaired) electrons. The van der Waals surface area contributed by atoms with Crippen molar-refractivity contribution in [3.05, 3.63) is 53.6 Å². The van der Waals surface area contributed by atoms with Crippen molar-refractivity contribution in [1.82, 2.24) is 5.32 Å². The quantitative estimate of drug-likeness (QED) is 0.571. The Labute approximate surface area is 156 Å². The first-order valence-corrected chi connectivity index (χ1v) is 8.92. The molecule has 0 heterocycles. The van der Waals surface area contributed by atoms with Gasteiger partial charge in [-0.1, -0.05) is 18.2 Å². The number of aliphatic hydroxyl groups is 1. The van der Waals surface area contributed by atoms with Crippen molar-refractivity contribution in [3.8, 4) is 5.75 Å². The second-order valence-electron chi connectivity index (χ2n) is 7.84. The van der Waals surface area contributed by atoms with Gasteiger partial charge in [-0.05, 0) is 56.2 Å². The van der Waals surface area contributed by atoms with Gasteiger partial charge in [0, 0.05) is 38.4 Å². The highest BCUT2D eigenvalue weighted by Gasteiger charge is 2.15. The predicted molar refractivity (Wildman–Crippen MR) is 109 cm³/mol. The third-order valence-corrected chi connectivity index (χ3v) is 4.17. The maximum absolute atomic E-state index is 10.4. The maximum Gasteiger partial charge on any atom is 0.138 e. The van der Waals surface area contributed by atoms with E-state index in [1.54, 1.807) is 18.2 Å². The van der Waals surface area contributed by atoms with Crippen molar-refractivity contribution in [1.29, 1.82) is 0 Å². The fourth-order valence-corrected chi connectivity index (χ4v) is 2.53. The fraction of sp³-hybridized carbons (Fsp3) is 0.429. The number of β-amino-alcohol motifs (C(OH)–C–C–N with tert-alkyl or cyclic N) is 1. The van der Waals surface area contributed by atoms with Crippen LogP contribution < -0.4 is 15.5 Å². The van der Waals surface area contributed by atoms with Gasteiger partial charge in [0.05, 0.1) is 11.8 Å². The third-order valence-electron chi connectivity index (χ3n) is 4.17. The molecule has 0 saturated heterocycles. The SMILES string of the molecule is CN(C)c1ccc(CNc2cc(C(O)CNC(C)(C)C)ccc2O)cc1. The summed E-state index contributed by atoms with van der Waals surface area (Å²) in [5.74, 6) is 0.176. The van der Waals surface area contributed by atoms with Crippen LogP contribution in [0.4, 0.5) is 11.4 Å². The van der Waals surface area contributed by atoms with Gasteiger partial charge in [-0.3, -0.25) is 0 Å². The van der Waals surface area contributed by atoms with Crippen LogP contribution in [-0.4, -0.2) is 36.4 Å². The monoisotopic (exact) mass is 357 g/mol. The van der Waals surface area contributed by atoms with Crippen LogP contribution in [-0.2, 0) is 6.54 Å². The van der Waals surface area contributed by atoms with Crippen LogP contribution in [0.2, 0.25) is 0 Å². The second-order valence-corrected chi connectivity index (χ2v) is 7.84. The van der Waals surface area contributed by atoms with Gasteiger partial charge in [-0.25, -0.2) is 0 Å². The first-order valence-electron chi connectivity index (χ1n) is 8.92. The van der Waals surface area contributed by atoms with Gasteiger partial charge in [0.25, 0.3) is 0 Å². The van der Waals surface area contributed by atoms with Crippen molar-refractivity contribution in [2.75, 3.05) is 30.9 Å². The summed E-state index contributed by atoms with van der Waals surface area (Å²) < 4.78 is 0. The molecule has 4 N–H and O–H groups in total. The van der Waals surface area contributed by atoms with Crippen LogP contribution in [0.15, 0.2) is 42.5 Å². The Morgan fingerprint density at radius 1 is 1.04 bits per heavy atom. The first kappa shape index (κ1) is 20.1. The minimum absolute atomic E-state index is 0.0578. The lowest BCUT2D eigenvalue weighted by Gasteiger charge is -2.23. The van der Waals surface area contributed by atoms with Gasteiger partial charge < -0.3 is 25.7 Å². The molecule has 5 heteroatoms. The average Bonchev–Trinajstić information content (AvgIpc) is 2.58. The zero-order chi connectivity index (χ0) is 19.3. The molecule has 1 atom stereocenters. The summed E-state index contributed by atoms with van der Waals surface area (Å²) in [6.45, 7) is 7.24. The number of nitrogens with zero attached hydrogens (tertiary/aromatic N) is 1. The van der Waals surface area contributed by atoms with E-state index in [-0.39, 0.29) is 11.3 Å². The fourth-order valence-electron chi connectivity index (χ4n) is 2.53. The number of hydrogen-bond acceptors (Lipinski definition) is 5. The smallest absolute Gasteiger partial charge is 0.138 e. The van der Waals surface area contributed by atoms with E-state index < -0.39 is 6.10 Å². The van der Waals surface area contributed by atoms with Crippen LogP contribution in [0.25, 0.3) is 0 Å². The second kappa shape index (κ2) is 8.43. The van der Waals surface area contributed by atoms with Crippen LogP contribution in [0.5, 0.6) is 5.75 Å². The molecule has 0 aromatic heterocycles. The Kier molecular flexibility index (Phi) is 6.51. The molecule has 2 aromatic carbocycles. The molecule has 1 unspecified atom stereocenters. The Morgan fingerprint density at radius 3 is 2.27 bits per heavy atom. The molecule has 2 aromatic rings. The number of hydrogen-bond donors (Lipinski definition) is 4. The lowest BCUT2D eigenvalue weighted by atomic mass is 10.1. The Balaban J connectivity index is 2.02. The average molecular weight is 357 g/mol. The number of nitrogens with one attached hydrogen (secondary N) is 2. The van der Waals surface area contributed by atoms with Crippen molar-refractivity contribution >= 4 is 11.4 Å². The van der Waals surface area contributed by atoms with Crippen molar-refractivity contribution in [2.45, 2.75) is 39.0 Å². The maximum atomic E-state index is 10.4. The molecule has 0 fully saturated rings. The topological polar surface area (TPSA) is 67.8 Å². The highest BCUT2D eigenvalue weighted by atomic mass is 16.3. The zero-order valence-electron chi connectivity index (χ0n) is 16.4. The van der Waals surface area contributed by atoms with E-state index in [9.17, 15) is 10.2 Å². The van der Waals surface area contributed by atoms with Crippen molar-refractivity contribution in [2.24, 2.45) is 0 Å². The molecule has 0 aliphatic rings. The molecule has 26 heavy (non-hydrogen) atoms. The molecule has 0 amide bonds. The van der Waals surface area contributed by atoms with E-state index in [0.717, 1.165) is 16.8 Å². The van der Waals surface area contributed by atoms with E-state index in [1.807, 2.05) is 14.1 Å². The van der Waals surface area contributed by atoms with Gasteiger partial charge in [-0.2, -0.15) is 0 Å². The minimum Gasteiger partial charge on any atom is -0.506 e. The number of anilines is 2. The largest absolute Gasteiger partial charge is 0.506 e. The normalized spacial score (nSPS) is 12.7. The predicted octanol–water partition coefficient (Wildman–Crippen LogP) is 3.49. The number of aliphatic hydroxyl groups excluding tert-OH is 1. The lowest BCUT2D eigenvalue weighted by Crippen LogP contribution is -2.38. The minimum atomic E-state index is -0.630. The van der Waals surface area contributed by atoms with Gasteiger partial charge in [0.1, 0.15) is 5.75 Å². The van der Waals surface area contributed by atoms with Crippen molar-refractivity contribution in [3.63, 3.8) is 0 Å². The van der Waals surface area contributed by atoms with Crippen LogP contribution in [0, 0.1) is 0 Å². The molecular weight excluding hydrogens is 326 g/mol. The Bertz CT molecular complexity index is 706. The van der Waals surface area contributed by atoms with Crippen molar-refractivity contribution < 1.29 is 10.2 Å². The first-order chi connectivity index (χ1) is 12.2. The summed E-state index contributed by atoms with van der Waals surface area (Å²) in [6, 6.07) is 13.4. The molecule has 0 aliphatic carbocycles. The summed E-state index contributed by atoms with van der Waals surface area (Å²) in [4.78, 5) is 2.06. The number of aromatic hydroxyl groups is 1. The third kappa shape index (κ3) is 5.93. The number of rotatable bonds is 7. The molecule has 0 spiro atoms. The van der Waals surface area contributed by atoms with Gasteiger partial charge in [0.15, 0.2) is 0 Å². The van der Waals surface area contributed by atoms with E-state index in [2.05, 4.69) is 60.6 Å². The van der Waals surface area contributed by atoms with Gasteiger partial charge in [-0.15, -0.1) is 0 Å². The Morgan fingerprint density at radius 2 is 1.69 bits per heavy atom. The summed E-state index contributed by atoms with van der Waals surface area (Å²) in [7, 11) is 4.02. The van der Waals surface area contributed by atoms with Crippen LogP contribution >= 0.6 is 0 Å². The van der Waals surface area contributed by atoms with E-state index >= 15 is 0 Å². The highest BCUT2D eigenvalue weighted by Crippen LogP contribution is 2.28. The van der Waals surface area contributed by atoms with Gasteiger partial charge >= 0.3 is 0 Å². The molecule has 0 aliphatic heterocycles. The van der Waals surface area contributed by atoms with E-state index in [0.29, 0.717) is 18.8 Å². The number of benzene rings is 2. The number of phenols is 1.